The number of barbiturate groups is 1. The maximum atomic E-state index is 12.8. The summed E-state index contributed by atoms with van der Waals surface area (Å²) in [6.07, 6.45) is 2.17. The number of nitrogens with zero attached hydrogens (tertiary/aromatic N) is 1. The maximum Gasteiger partial charge on any atom is 0.335 e. The maximum absolute atomic E-state index is 12.8. The van der Waals surface area contributed by atoms with Crippen LogP contribution in [-0.2, 0) is 16.0 Å². The van der Waals surface area contributed by atoms with Crippen molar-refractivity contribution in [3.63, 3.8) is 0 Å². The number of carbonyl (C=O) groups excluding carboxylic acids is 3. The number of carbonyl (C=O) groups is 3. The van der Waals surface area contributed by atoms with Crippen LogP contribution in [0.5, 0.6) is 11.5 Å². The normalized spacial score (nSPS) is 15.9. The fraction of sp³-hybridized carbons (Fsp3) is 0.150. The van der Waals surface area contributed by atoms with Gasteiger partial charge >= 0.3 is 6.03 Å². The van der Waals surface area contributed by atoms with E-state index in [1.807, 2.05) is 19.1 Å². The molecule has 0 saturated carbocycles. The molecular formula is C20H18N2O5. The van der Waals surface area contributed by atoms with Crippen LogP contribution >= 0.6 is 0 Å². The molecule has 7 nitrogen and oxygen atoms in total. The van der Waals surface area contributed by atoms with E-state index in [1.54, 1.807) is 12.1 Å². The number of aryl methyl sites for hydroxylation is 1. The third kappa shape index (κ3) is 3.52. The van der Waals surface area contributed by atoms with Gasteiger partial charge in [0.15, 0.2) is 11.5 Å². The first-order chi connectivity index (χ1) is 12.9. The van der Waals surface area contributed by atoms with Crippen LogP contribution in [0.3, 0.4) is 0 Å². The van der Waals surface area contributed by atoms with Crippen LogP contribution in [-0.4, -0.2) is 30.1 Å². The fourth-order valence-electron chi connectivity index (χ4n) is 2.72. The molecule has 1 aliphatic heterocycles. The lowest BCUT2D eigenvalue weighted by atomic mass is 10.1. The van der Waals surface area contributed by atoms with E-state index in [2.05, 4.69) is 5.32 Å². The second-order valence-electron chi connectivity index (χ2n) is 5.91. The molecule has 2 aromatic rings. The molecule has 0 spiro atoms. The van der Waals surface area contributed by atoms with Crippen molar-refractivity contribution in [2.75, 3.05) is 12.0 Å². The van der Waals surface area contributed by atoms with Gasteiger partial charge in [0, 0.05) is 0 Å². The molecule has 0 aromatic heterocycles. The summed E-state index contributed by atoms with van der Waals surface area (Å²) in [5.74, 6) is -1.36. The molecule has 0 atom stereocenters. The number of aromatic hydroxyl groups is 1. The van der Waals surface area contributed by atoms with E-state index in [4.69, 9.17) is 4.74 Å². The Kier molecular flexibility index (Phi) is 4.94. The van der Waals surface area contributed by atoms with Crippen LogP contribution in [0.1, 0.15) is 18.1 Å². The number of nitrogens with one attached hydrogen (secondary N) is 1. The Hall–Kier alpha value is -3.61. The third-order valence-electron chi connectivity index (χ3n) is 4.22. The molecule has 3 rings (SSSR count). The zero-order valence-electron chi connectivity index (χ0n) is 14.9. The molecule has 1 heterocycles. The number of ether oxygens (including phenoxy) is 1. The Labute approximate surface area is 155 Å². The number of hydrogen-bond donors (Lipinski definition) is 2. The van der Waals surface area contributed by atoms with Crippen molar-refractivity contribution < 1.29 is 24.2 Å². The SMILES string of the molecule is CCc1ccc(N2C(=O)NC(=O)/C(=C\c3ccc(O)c(OC)c3)C2=O)cc1. The molecule has 2 aromatic carbocycles. The van der Waals surface area contributed by atoms with E-state index in [9.17, 15) is 19.5 Å². The molecule has 1 saturated heterocycles. The predicted molar refractivity (Wildman–Crippen MR) is 99.5 cm³/mol. The van der Waals surface area contributed by atoms with Crippen molar-refractivity contribution in [3.05, 3.63) is 59.2 Å². The zero-order valence-corrected chi connectivity index (χ0v) is 14.9. The standard InChI is InChI=1S/C20H18N2O5/c1-3-12-4-7-14(8-5-12)22-19(25)15(18(24)21-20(22)26)10-13-6-9-16(23)17(11-13)27-2/h4-11,23H,3H2,1-2H3,(H,21,24,26)/b15-10+. The van der Waals surface area contributed by atoms with Crippen molar-refractivity contribution in [2.24, 2.45) is 0 Å². The van der Waals surface area contributed by atoms with Crippen molar-refractivity contribution in [1.29, 1.82) is 0 Å². The average molecular weight is 366 g/mol. The summed E-state index contributed by atoms with van der Waals surface area (Å²) < 4.78 is 5.03. The topological polar surface area (TPSA) is 95.9 Å². The van der Waals surface area contributed by atoms with Gasteiger partial charge in [0.25, 0.3) is 11.8 Å². The minimum absolute atomic E-state index is 0.0631. The van der Waals surface area contributed by atoms with Crippen molar-refractivity contribution in [3.8, 4) is 11.5 Å². The van der Waals surface area contributed by atoms with Crippen molar-refractivity contribution in [2.45, 2.75) is 13.3 Å². The Morgan fingerprint density at radius 3 is 2.44 bits per heavy atom. The molecular weight excluding hydrogens is 348 g/mol. The van der Waals surface area contributed by atoms with E-state index in [0.717, 1.165) is 16.9 Å². The van der Waals surface area contributed by atoms with Gasteiger partial charge in [-0.2, -0.15) is 0 Å². The van der Waals surface area contributed by atoms with Crippen LogP contribution in [0.2, 0.25) is 0 Å². The average Bonchev–Trinajstić information content (AvgIpc) is 2.66. The summed E-state index contributed by atoms with van der Waals surface area (Å²) in [5, 5.41) is 11.8. The molecule has 0 unspecified atom stereocenters. The molecule has 1 fully saturated rings. The largest absolute Gasteiger partial charge is 0.504 e. The van der Waals surface area contributed by atoms with Gasteiger partial charge in [0.1, 0.15) is 5.57 Å². The predicted octanol–water partition coefficient (Wildman–Crippen LogP) is 2.63. The lowest BCUT2D eigenvalue weighted by Crippen LogP contribution is -2.54. The summed E-state index contributed by atoms with van der Waals surface area (Å²) in [5.41, 5.74) is 1.71. The summed E-state index contributed by atoms with van der Waals surface area (Å²) in [7, 11) is 1.39. The highest BCUT2D eigenvalue weighted by atomic mass is 16.5. The number of amides is 4. The quantitative estimate of drug-likeness (QED) is 0.641. The van der Waals surface area contributed by atoms with E-state index < -0.39 is 17.8 Å². The highest BCUT2D eigenvalue weighted by Crippen LogP contribution is 2.28. The van der Waals surface area contributed by atoms with Gasteiger partial charge < -0.3 is 9.84 Å². The number of benzene rings is 2. The second kappa shape index (κ2) is 7.33. The molecule has 0 bridgehead atoms. The van der Waals surface area contributed by atoms with Gasteiger partial charge in [-0.1, -0.05) is 25.1 Å². The van der Waals surface area contributed by atoms with Crippen LogP contribution in [0, 0.1) is 0 Å². The Morgan fingerprint density at radius 2 is 1.81 bits per heavy atom. The Morgan fingerprint density at radius 1 is 1.11 bits per heavy atom. The number of rotatable bonds is 4. The molecule has 0 aliphatic carbocycles. The van der Waals surface area contributed by atoms with E-state index in [0.29, 0.717) is 11.3 Å². The number of phenolic OH excluding ortho intramolecular Hbond substituents is 1. The number of imide groups is 2. The smallest absolute Gasteiger partial charge is 0.335 e. The van der Waals surface area contributed by atoms with Gasteiger partial charge in [-0.25, -0.2) is 9.69 Å². The second-order valence-corrected chi connectivity index (χ2v) is 5.91. The van der Waals surface area contributed by atoms with Crippen LogP contribution in [0.4, 0.5) is 10.5 Å². The lowest BCUT2D eigenvalue weighted by molar-refractivity contribution is -0.122. The lowest BCUT2D eigenvalue weighted by Gasteiger charge is -2.26. The number of hydrogen-bond acceptors (Lipinski definition) is 5. The zero-order chi connectivity index (χ0) is 19.6. The van der Waals surface area contributed by atoms with E-state index in [1.165, 1.54) is 31.4 Å². The minimum Gasteiger partial charge on any atom is -0.504 e. The van der Waals surface area contributed by atoms with Crippen molar-refractivity contribution >= 4 is 29.6 Å². The van der Waals surface area contributed by atoms with Gasteiger partial charge in [0.2, 0.25) is 0 Å². The number of urea groups is 1. The first kappa shape index (κ1) is 18.2. The third-order valence-corrected chi connectivity index (χ3v) is 4.22. The van der Waals surface area contributed by atoms with Gasteiger partial charge in [0.05, 0.1) is 12.8 Å². The van der Waals surface area contributed by atoms with Gasteiger partial charge in [-0.05, 0) is 47.9 Å². The molecule has 4 amide bonds. The molecule has 1 aliphatic rings. The Balaban J connectivity index is 1.99. The highest BCUT2D eigenvalue weighted by Gasteiger charge is 2.36. The summed E-state index contributed by atoms with van der Waals surface area (Å²) >= 11 is 0. The van der Waals surface area contributed by atoms with Crippen LogP contribution < -0.4 is 15.0 Å². The monoisotopic (exact) mass is 366 g/mol. The molecule has 2 N–H and O–H groups in total. The Bertz CT molecular complexity index is 947. The van der Waals surface area contributed by atoms with E-state index in [-0.39, 0.29) is 17.1 Å². The molecule has 27 heavy (non-hydrogen) atoms. The number of phenols is 1. The summed E-state index contributed by atoms with van der Waals surface area (Å²) in [6.45, 7) is 2.00. The molecule has 0 radical (unpaired) electrons. The van der Waals surface area contributed by atoms with E-state index >= 15 is 0 Å². The fourth-order valence-corrected chi connectivity index (χ4v) is 2.72. The first-order valence-electron chi connectivity index (χ1n) is 8.32. The van der Waals surface area contributed by atoms with Gasteiger partial charge in [-0.15, -0.1) is 0 Å². The van der Waals surface area contributed by atoms with Crippen LogP contribution in [0.25, 0.3) is 6.08 Å². The first-order valence-corrected chi connectivity index (χ1v) is 8.32. The number of methoxy groups -OCH3 is 1. The minimum atomic E-state index is -0.797. The summed E-state index contributed by atoms with van der Waals surface area (Å²) in [6, 6.07) is 10.6. The van der Waals surface area contributed by atoms with Crippen LogP contribution in [0.15, 0.2) is 48.0 Å². The number of anilines is 1. The highest BCUT2D eigenvalue weighted by molar-refractivity contribution is 6.39. The van der Waals surface area contributed by atoms with Crippen molar-refractivity contribution in [1.82, 2.24) is 5.32 Å². The van der Waals surface area contributed by atoms with Gasteiger partial charge in [-0.3, -0.25) is 14.9 Å². The molecule has 7 heteroatoms. The molecule has 138 valence electrons. The summed E-state index contributed by atoms with van der Waals surface area (Å²) in [4.78, 5) is 38.1.